The fourth-order valence-electron chi connectivity index (χ4n) is 2.57. The Morgan fingerprint density at radius 1 is 1.30 bits per heavy atom. The van der Waals surface area contributed by atoms with E-state index < -0.39 is 22.0 Å². The van der Waals surface area contributed by atoms with Crippen molar-refractivity contribution in [2.75, 3.05) is 0 Å². The maximum atomic E-state index is 12.3. The van der Waals surface area contributed by atoms with Gasteiger partial charge in [0, 0.05) is 29.1 Å². The van der Waals surface area contributed by atoms with E-state index in [1.54, 1.807) is 5.38 Å². The maximum absolute atomic E-state index is 12.3. The second-order valence-electron chi connectivity index (χ2n) is 5.87. The number of H-pyrrole nitrogens is 2. The molecule has 1 aromatic carbocycles. The van der Waals surface area contributed by atoms with Gasteiger partial charge < -0.3 is 14.5 Å². The molecule has 0 spiro atoms. The van der Waals surface area contributed by atoms with Crippen LogP contribution < -0.4 is 11.2 Å². The molecule has 4 rings (SSSR count). The van der Waals surface area contributed by atoms with Crippen molar-refractivity contribution in [2.45, 2.75) is 0 Å². The molecule has 0 saturated heterocycles. The molecule has 0 saturated carbocycles. The topological polar surface area (TPSA) is 167 Å². The van der Waals surface area contributed by atoms with Crippen molar-refractivity contribution >= 4 is 51.6 Å². The molecule has 0 radical (unpaired) electrons. The quantitative estimate of drug-likeness (QED) is 0.142. The van der Waals surface area contributed by atoms with Crippen LogP contribution in [-0.2, 0) is 0 Å². The van der Waals surface area contributed by atoms with Crippen LogP contribution in [0.5, 0.6) is 5.88 Å². The lowest BCUT2D eigenvalue weighted by atomic mass is 10.1. The van der Waals surface area contributed by atoms with Gasteiger partial charge in [0.05, 0.1) is 16.2 Å². The molecule has 0 amide bonds. The van der Waals surface area contributed by atoms with Crippen molar-refractivity contribution in [1.29, 1.82) is 0 Å². The van der Waals surface area contributed by atoms with E-state index >= 15 is 0 Å². The molecule has 3 N–H and O–H groups in total. The third kappa shape index (κ3) is 3.66. The van der Waals surface area contributed by atoms with Crippen molar-refractivity contribution < 1.29 is 14.4 Å². The molecule has 150 valence electrons. The summed E-state index contributed by atoms with van der Waals surface area (Å²) in [5, 5.41) is 22.9. The first-order chi connectivity index (χ1) is 14.3. The lowest BCUT2D eigenvalue weighted by molar-refractivity contribution is -0.384. The van der Waals surface area contributed by atoms with Crippen molar-refractivity contribution in [3.63, 3.8) is 0 Å². The summed E-state index contributed by atoms with van der Waals surface area (Å²) < 4.78 is 5.19. The normalized spacial score (nSPS) is 11.3. The highest BCUT2D eigenvalue weighted by Crippen LogP contribution is 2.28. The van der Waals surface area contributed by atoms with Crippen LogP contribution in [0, 0.1) is 14.9 Å². The van der Waals surface area contributed by atoms with Crippen LogP contribution in [-0.4, -0.2) is 31.2 Å². The number of thiazole rings is 1. The Balaban J connectivity index is 1.72. The number of non-ortho nitro benzene ring substituents is 1. The Kier molecular flexibility index (Phi) is 4.81. The Bertz CT molecular complexity index is 1510. The summed E-state index contributed by atoms with van der Waals surface area (Å²) in [6, 6.07) is 5.34. The molecule has 3 heterocycles. The second-order valence-corrected chi connectivity index (χ2v) is 7.12. The first-order valence-corrected chi connectivity index (χ1v) is 9.38. The number of hydrogen-bond acceptors (Lipinski definition) is 10. The summed E-state index contributed by atoms with van der Waals surface area (Å²) in [7, 11) is 0. The third-order valence-corrected chi connectivity index (χ3v) is 4.91. The highest BCUT2D eigenvalue weighted by molar-refractivity contribution is 7.71. The number of fused-ring (bicyclic) bond motifs is 1. The number of nitro benzene ring substituents is 1. The maximum Gasteiger partial charge on any atom is 0.345 e. The largest absolute Gasteiger partial charge is 0.494 e. The molecule has 0 aliphatic rings. The highest BCUT2D eigenvalue weighted by atomic mass is 32.1. The number of aromatic nitrogens is 3. The Morgan fingerprint density at radius 3 is 2.83 bits per heavy atom. The van der Waals surface area contributed by atoms with Gasteiger partial charge in [0.25, 0.3) is 11.2 Å². The standard InChI is InChI=1S/C17H9N5O6S2/c23-13-10(14(24)21-16(29)20-13)5-18-17-19-11(6-30-17)9-4-7-3-8(22(26)27)1-2-12(7)28-15(9)25/h1-6H,(H3,20,21,23,24,29)/b18-5+. The van der Waals surface area contributed by atoms with Gasteiger partial charge in [-0.2, -0.15) is 0 Å². The lowest BCUT2D eigenvalue weighted by Gasteiger charge is -2.00. The van der Waals surface area contributed by atoms with Gasteiger partial charge >= 0.3 is 5.63 Å². The van der Waals surface area contributed by atoms with Crippen LogP contribution in [0.2, 0.25) is 0 Å². The minimum absolute atomic E-state index is 0.0329. The Morgan fingerprint density at radius 2 is 2.10 bits per heavy atom. The predicted molar refractivity (Wildman–Crippen MR) is 111 cm³/mol. The summed E-state index contributed by atoms with van der Waals surface area (Å²) in [6.07, 6.45) is 1.11. The molecular weight excluding hydrogens is 434 g/mol. The van der Waals surface area contributed by atoms with Crippen LogP contribution in [0.15, 0.2) is 48.6 Å². The number of hydrogen-bond donors (Lipinski definition) is 3. The average Bonchev–Trinajstić information content (AvgIpc) is 3.14. The van der Waals surface area contributed by atoms with E-state index in [1.165, 1.54) is 24.3 Å². The number of rotatable bonds is 4. The van der Waals surface area contributed by atoms with Gasteiger partial charge in [-0.1, -0.05) is 0 Å². The monoisotopic (exact) mass is 443 g/mol. The number of nitrogens with one attached hydrogen (secondary N) is 2. The van der Waals surface area contributed by atoms with E-state index in [0.29, 0.717) is 5.39 Å². The van der Waals surface area contributed by atoms with Crippen LogP contribution in [0.4, 0.5) is 10.8 Å². The third-order valence-electron chi connectivity index (χ3n) is 3.96. The van der Waals surface area contributed by atoms with Gasteiger partial charge in [0.1, 0.15) is 11.1 Å². The molecule has 0 bridgehead atoms. The fraction of sp³-hybridized carbons (Fsp3) is 0. The van der Waals surface area contributed by atoms with Gasteiger partial charge in [0.15, 0.2) is 4.77 Å². The van der Waals surface area contributed by atoms with E-state index in [4.69, 9.17) is 16.6 Å². The number of benzene rings is 1. The van der Waals surface area contributed by atoms with Gasteiger partial charge in [-0.3, -0.25) is 19.9 Å². The Hall–Kier alpha value is -3.97. The smallest absolute Gasteiger partial charge is 0.345 e. The van der Waals surface area contributed by atoms with E-state index in [0.717, 1.165) is 17.6 Å². The van der Waals surface area contributed by atoms with Crippen LogP contribution >= 0.6 is 23.6 Å². The molecule has 0 aliphatic carbocycles. The zero-order valence-corrected chi connectivity index (χ0v) is 16.2. The summed E-state index contributed by atoms with van der Waals surface area (Å²) >= 11 is 5.83. The molecule has 13 heteroatoms. The fourth-order valence-corrected chi connectivity index (χ4v) is 3.42. The van der Waals surface area contributed by atoms with Gasteiger partial charge in [-0.05, 0) is 24.4 Å². The zero-order chi connectivity index (χ0) is 21.4. The summed E-state index contributed by atoms with van der Waals surface area (Å²) in [5.41, 5.74) is -1.02. The van der Waals surface area contributed by atoms with Crippen molar-refractivity contribution in [3.8, 4) is 17.1 Å². The second kappa shape index (κ2) is 7.46. The van der Waals surface area contributed by atoms with Crippen molar-refractivity contribution in [2.24, 2.45) is 4.99 Å². The first kappa shape index (κ1) is 19.4. The van der Waals surface area contributed by atoms with E-state index in [2.05, 4.69) is 19.9 Å². The minimum atomic E-state index is -0.665. The summed E-state index contributed by atoms with van der Waals surface area (Å²) in [4.78, 5) is 47.5. The predicted octanol–water partition coefficient (Wildman–Crippen LogP) is 3.03. The van der Waals surface area contributed by atoms with Gasteiger partial charge in [-0.25, -0.2) is 14.8 Å². The molecule has 30 heavy (non-hydrogen) atoms. The number of aromatic hydroxyl groups is 1. The van der Waals surface area contributed by atoms with Gasteiger partial charge in [0.2, 0.25) is 11.0 Å². The van der Waals surface area contributed by atoms with E-state index in [9.17, 15) is 24.8 Å². The molecule has 11 nitrogen and oxygen atoms in total. The minimum Gasteiger partial charge on any atom is -0.494 e. The van der Waals surface area contributed by atoms with Crippen molar-refractivity contribution in [3.05, 3.63) is 70.9 Å². The highest BCUT2D eigenvalue weighted by Gasteiger charge is 2.14. The SMILES string of the molecule is O=c1[nH]c(=S)[nH]c(O)c1/C=N/c1nc(-c2cc3cc([N+](=O)[O-])ccc3oc2=O)cs1. The zero-order valence-electron chi connectivity index (χ0n) is 14.6. The molecule has 0 unspecified atom stereocenters. The number of nitrogens with zero attached hydrogens (tertiary/aromatic N) is 3. The number of aliphatic imine (C=N–C) groups is 1. The molecule has 0 atom stereocenters. The summed E-state index contributed by atoms with van der Waals surface area (Å²) in [5.74, 6) is -0.443. The number of aromatic amines is 2. The molecule has 0 aliphatic heterocycles. The van der Waals surface area contributed by atoms with Crippen LogP contribution in [0.25, 0.3) is 22.2 Å². The van der Waals surface area contributed by atoms with Crippen LogP contribution in [0.1, 0.15) is 5.56 Å². The van der Waals surface area contributed by atoms with Crippen LogP contribution in [0.3, 0.4) is 0 Å². The Labute approximate surface area is 174 Å². The first-order valence-electron chi connectivity index (χ1n) is 8.09. The van der Waals surface area contributed by atoms with E-state index in [1.807, 2.05) is 0 Å². The van der Waals surface area contributed by atoms with E-state index in [-0.39, 0.29) is 38.0 Å². The molecule has 0 fully saturated rings. The van der Waals surface area contributed by atoms with Crippen molar-refractivity contribution in [1.82, 2.24) is 15.0 Å². The van der Waals surface area contributed by atoms with Gasteiger partial charge in [-0.15, -0.1) is 11.3 Å². The summed E-state index contributed by atoms with van der Waals surface area (Å²) in [6.45, 7) is 0. The number of nitro groups is 1. The average molecular weight is 443 g/mol. The molecule has 4 aromatic rings. The molecule has 3 aromatic heterocycles. The lowest BCUT2D eigenvalue weighted by Crippen LogP contribution is -2.13. The molecular formula is C17H9N5O6S2.